The minimum absolute atomic E-state index is 0.0824. The number of fused-ring (bicyclic) bond motifs is 1. The van der Waals surface area contributed by atoms with E-state index in [0.29, 0.717) is 11.3 Å². The summed E-state index contributed by atoms with van der Waals surface area (Å²) in [7, 11) is 1.67. The second kappa shape index (κ2) is 12.0. The van der Waals surface area contributed by atoms with Crippen LogP contribution in [0.1, 0.15) is 77.0 Å². The molecule has 0 radical (unpaired) electrons. The average molecular weight is 463 g/mol. The van der Waals surface area contributed by atoms with Crippen molar-refractivity contribution < 1.29 is 4.79 Å². The normalized spacial score (nSPS) is 21.1. The number of carbonyl (C=O) groups excluding carboxylic acids is 1. The lowest BCUT2D eigenvalue weighted by Gasteiger charge is -2.18. The Balaban J connectivity index is 0.000000236. The molecule has 1 unspecified atom stereocenters. The molecule has 176 valence electrons. The molecule has 0 spiro atoms. The predicted molar refractivity (Wildman–Crippen MR) is 147 cm³/mol. The largest absolute Gasteiger partial charge is 0.300 e. The van der Waals surface area contributed by atoms with E-state index in [1.807, 2.05) is 32.1 Å². The smallest absolute Gasteiger partial charge is 0.289 e. The standard InChI is InChI=1S/C15H16N2OS.C12H16.C2H6/c1-4-5-12-8-11(7-6-10(12)2)9-13-14(16-3)17-15(18)19-13;1-9-8-12(2,3)11-7-5-4-6-10(9)11;1-2/h5-9H,2,4H2,1,3H3,(H,16,17,18);4-7,9H,8H2,1-3H3;1-2H3/b12-5-,13-9-;;. The van der Waals surface area contributed by atoms with E-state index >= 15 is 0 Å². The molecule has 4 rings (SSSR count). The Bertz CT molecular complexity index is 1140. The van der Waals surface area contributed by atoms with Crippen molar-refractivity contribution >= 4 is 41.6 Å². The van der Waals surface area contributed by atoms with Crippen LogP contribution in [0.3, 0.4) is 0 Å². The molecule has 0 saturated carbocycles. The maximum atomic E-state index is 11.4. The van der Waals surface area contributed by atoms with Gasteiger partial charge in [0.25, 0.3) is 5.24 Å². The van der Waals surface area contributed by atoms with Gasteiger partial charge in [-0.2, -0.15) is 0 Å². The van der Waals surface area contributed by atoms with Crippen LogP contribution in [0.4, 0.5) is 4.79 Å². The fraction of sp³-hybridized carbons (Fsp3) is 0.379. The molecule has 1 aliphatic carbocycles. The number of amidine groups is 1. The van der Waals surface area contributed by atoms with Gasteiger partial charge in [0.05, 0.1) is 4.91 Å². The monoisotopic (exact) mass is 462 g/mol. The van der Waals surface area contributed by atoms with Gasteiger partial charge in [0, 0.05) is 7.05 Å². The Morgan fingerprint density at radius 3 is 2.55 bits per heavy atom. The van der Waals surface area contributed by atoms with E-state index in [1.165, 1.54) is 18.2 Å². The molecule has 1 aliphatic heterocycles. The second-order valence-corrected chi connectivity index (χ2v) is 9.76. The van der Waals surface area contributed by atoms with Gasteiger partial charge in [-0.1, -0.05) is 90.6 Å². The molecule has 0 aromatic heterocycles. The van der Waals surface area contributed by atoms with E-state index in [4.69, 9.17) is 0 Å². The molecule has 1 fully saturated rings. The Kier molecular flexibility index (Phi) is 9.72. The summed E-state index contributed by atoms with van der Waals surface area (Å²) in [5, 5.41) is 4.78. The number of nitrogens with one attached hydrogen (secondary N) is 1. The Morgan fingerprint density at radius 1 is 1.21 bits per heavy atom. The molecule has 0 bridgehead atoms. The van der Waals surface area contributed by atoms with Crippen LogP contribution in [0.2, 0.25) is 0 Å². The van der Waals surface area contributed by atoms with Crippen LogP contribution in [0.5, 0.6) is 0 Å². The van der Waals surface area contributed by atoms with Crippen molar-refractivity contribution in [2.45, 2.75) is 65.7 Å². The fourth-order valence-electron chi connectivity index (χ4n) is 4.39. The molecule has 1 N–H and O–H groups in total. The zero-order chi connectivity index (χ0) is 24.6. The molecule has 1 amide bonds. The van der Waals surface area contributed by atoms with Crippen LogP contribution in [0.25, 0.3) is 18.7 Å². The van der Waals surface area contributed by atoms with Gasteiger partial charge in [0.2, 0.25) is 0 Å². The number of carbonyl (C=O) groups is 1. The Hall–Kier alpha value is -2.59. The van der Waals surface area contributed by atoms with Gasteiger partial charge in [-0.05, 0) is 75.2 Å². The molecule has 1 atom stereocenters. The number of thioether (sulfide) groups is 1. The maximum absolute atomic E-state index is 11.4. The van der Waals surface area contributed by atoms with Crippen LogP contribution < -0.4 is 15.8 Å². The number of rotatable bonds is 2. The zero-order valence-corrected chi connectivity index (χ0v) is 22.0. The molecular weight excluding hydrogens is 424 g/mol. The van der Waals surface area contributed by atoms with Crippen molar-refractivity contribution in [1.82, 2.24) is 5.32 Å². The molecule has 1 heterocycles. The van der Waals surface area contributed by atoms with E-state index in [2.05, 4.69) is 81.0 Å². The van der Waals surface area contributed by atoms with Crippen molar-refractivity contribution in [3.63, 3.8) is 0 Å². The van der Waals surface area contributed by atoms with Crippen molar-refractivity contribution in [3.05, 3.63) is 74.5 Å². The van der Waals surface area contributed by atoms with Crippen molar-refractivity contribution in [1.29, 1.82) is 0 Å². The first kappa shape index (κ1) is 26.7. The molecular formula is C29H38N2OS. The lowest BCUT2D eigenvalue weighted by atomic mass is 9.86. The van der Waals surface area contributed by atoms with E-state index in [0.717, 1.165) is 33.2 Å². The van der Waals surface area contributed by atoms with E-state index in [9.17, 15) is 4.79 Å². The summed E-state index contributed by atoms with van der Waals surface area (Å²) >= 11 is 1.17. The highest BCUT2D eigenvalue weighted by Gasteiger charge is 2.33. The molecule has 4 heteroatoms. The number of hydrogen-bond donors (Lipinski definition) is 1. The first-order chi connectivity index (χ1) is 15.7. The quantitative estimate of drug-likeness (QED) is 0.545. The second-order valence-electron chi connectivity index (χ2n) is 8.74. The topological polar surface area (TPSA) is 41.5 Å². The summed E-state index contributed by atoms with van der Waals surface area (Å²) < 4.78 is 0. The highest BCUT2D eigenvalue weighted by molar-refractivity contribution is 8.18. The van der Waals surface area contributed by atoms with Crippen LogP contribution in [-0.2, 0) is 5.41 Å². The third-order valence-corrected chi connectivity index (χ3v) is 6.63. The zero-order valence-electron chi connectivity index (χ0n) is 21.2. The number of aliphatic imine (C=N–C) groups is 1. The third kappa shape index (κ3) is 6.70. The van der Waals surface area contributed by atoms with Crippen LogP contribution in [0.15, 0.2) is 52.4 Å². The average Bonchev–Trinajstić information content (AvgIpc) is 3.27. The summed E-state index contributed by atoms with van der Waals surface area (Å²) in [6, 6.07) is 14.9. The van der Waals surface area contributed by atoms with Crippen molar-refractivity contribution in [2.24, 2.45) is 4.99 Å². The Labute approximate surface area is 203 Å². The van der Waals surface area contributed by atoms with Crippen molar-refractivity contribution in [2.75, 3.05) is 7.05 Å². The minimum atomic E-state index is -0.0824. The van der Waals surface area contributed by atoms with Crippen molar-refractivity contribution in [3.8, 4) is 0 Å². The van der Waals surface area contributed by atoms with Gasteiger partial charge in [-0.15, -0.1) is 0 Å². The summed E-state index contributed by atoms with van der Waals surface area (Å²) in [6.07, 6.45) is 6.38. The lowest BCUT2D eigenvalue weighted by molar-refractivity contribution is 0.265. The first-order valence-electron chi connectivity index (χ1n) is 11.8. The van der Waals surface area contributed by atoms with Gasteiger partial charge in [0.15, 0.2) is 0 Å². The first-order valence-corrected chi connectivity index (χ1v) is 12.6. The third-order valence-electron chi connectivity index (χ3n) is 5.81. The van der Waals surface area contributed by atoms with Gasteiger partial charge in [-0.25, -0.2) is 0 Å². The van der Waals surface area contributed by atoms with E-state index in [-0.39, 0.29) is 5.24 Å². The minimum Gasteiger partial charge on any atom is -0.300 e. The molecule has 3 nitrogen and oxygen atoms in total. The number of nitrogens with zero attached hydrogens (tertiary/aromatic N) is 1. The number of benzene rings is 2. The molecule has 33 heavy (non-hydrogen) atoms. The molecule has 2 aliphatic rings. The van der Waals surface area contributed by atoms with Crippen LogP contribution >= 0.6 is 11.8 Å². The van der Waals surface area contributed by atoms with Gasteiger partial charge in [-0.3, -0.25) is 9.79 Å². The Morgan fingerprint density at radius 2 is 1.91 bits per heavy atom. The SMILES string of the molecule is C=c1ccc(/C=C2\SC(=O)NC2=NC)c/c1=C/CC.CC.CC1CC(C)(C)c2ccccc21. The fourth-order valence-corrected chi connectivity index (χ4v) is 5.17. The molecule has 2 aromatic rings. The highest BCUT2D eigenvalue weighted by Crippen LogP contribution is 2.45. The number of hydrogen-bond acceptors (Lipinski definition) is 3. The maximum Gasteiger partial charge on any atom is 0.289 e. The van der Waals surface area contributed by atoms with E-state index < -0.39 is 0 Å². The molecule has 2 aromatic carbocycles. The summed E-state index contributed by atoms with van der Waals surface area (Å²) in [5.41, 5.74) is 4.56. The summed E-state index contributed by atoms with van der Waals surface area (Å²) in [4.78, 5) is 16.3. The lowest BCUT2D eigenvalue weighted by Crippen LogP contribution is -2.22. The van der Waals surface area contributed by atoms with Crippen LogP contribution in [0, 0.1) is 0 Å². The number of amides is 1. The molecule has 1 saturated heterocycles. The summed E-state index contributed by atoms with van der Waals surface area (Å²) in [5.74, 6) is 1.38. The van der Waals surface area contributed by atoms with Gasteiger partial charge in [0.1, 0.15) is 5.84 Å². The van der Waals surface area contributed by atoms with Gasteiger partial charge >= 0.3 is 0 Å². The highest BCUT2D eigenvalue weighted by atomic mass is 32.2. The van der Waals surface area contributed by atoms with Crippen LogP contribution in [-0.4, -0.2) is 18.1 Å². The van der Waals surface area contributed by atoms with E-state index in [1.54, 1.807) is 18.2 Å². The van der Waals surface area contributed by atoms with Gasteiger partial charge < -0.3 is 5.32 Å². The predicted octanol–water partition coefficient (Wildman–Crippen LogP) is 6.61. The summed E-state index contributed by atoms with van der Waals surface area (Å²) in [6.45, 7) is 17.1.